The predicted molar refractivity (Wildman–Crippen MR) is 211 cm³/mol. The number of pyridine rings is 2. The van der Waals surface area contributed by atoms with E-state index in [0.29, 0.717) is 62.8 Å². The number of alkyl carbamates (subject to hydrolysis) is 1. The first-order valence-electron chi connectivity index (χ1n) is 19.6. The molecule has 2 fully saturated rings. The van der Waals surface area contributed by atoms with Crippen molar-refractivity contribution in [2.75, 3.05) is 65.7 Å². The number of likely N-dealkylation sites (tertiary alicyclic amines) is 2. The number of fused-ring (bicyclic) bond motifs is 6. The van der Waals surface area contributed by atoms with Gasteiger partial charge in [-0.3, -0.25) is 9.59 Å². The fourth-order valence-corrected chi connectivity index (χ4v) is 7.66. The number of carbonyl (C=O) groups excluding carboxylic acids is 1. The Bertz CT molecular complexity index is 2090. The van der Waals surface area contributed by atoms with E-state index in [4.69, 9.17) is 29.4 Å². The number of aromatic nitrogens is 2. The van der Waals surface area contributed by atoms with Gasteiger partial charge in [-0.25, -0.2) is 4.79 Å². The summed E-state index contributed by atoms with van der Waals surface area (Å²) in [4.78, 5) is 41.8. The molecule has 0 saturated carbocycles. The lowest BCUT2D eigenvalue weighted by molar-refractivity contribution is 0.0478. The van der Waals surface area contributed by atoms with Gasteiger partial charge in [0.1, 0.15) is 32.0 Å². The van der Waals surface area contributed by atoms with Crippen LogP contribution in [-0.2, 0) is 17.8 Å². The van der Waals surface area contributed by atoms with Gasteiger partial charge in [-0.2, -0.15) is 0 Å². The van der Waals surface area contributed by atoms with Crippen LogP contribution in [0.1, 0.15) is 46.5 Å². The first-order valence-corrected chi connectivity index (χ1v) is 19.6. The highest BCUT2D eigenvalue weighted by atomic mass is 16.6. The van der Waals surface area contributed by atoms with Gasteiger partial charge in [-0.1, -0.05) is 0 Å². The predicted octanol–water partition coefficient (Wildman–Crippen LogP) is 3.96. The van der Waals surface area contributed by atoms with Crippen molar-refractivity contribution in [1.29, 1.82) is 0 Å². The molecule has 0 radical (unpaired) electrons. The van der Waals surface area contributed by atoms with Crippen LogP contribution in [-0.4, -0.2) is 108 Å². The van der Waals surface area contributed by atoms with E-state index in [1.165, 1.54) is 0 Å². The van der Waals surface area contributed by atoms with Crippen LogP contribution >= 0.6 is 0 Å². The molecule has 1 amide bonds. The van der Waals surface area contributed by atoms with Crippen LogP contribution in [0.5, 0.6) is 23.0 Å². The molecule has 2 aromatic carbocycles. The minimum Gasteiger partial charge on any atom is -0.486 e. The Morgan fingerprint density at radius 3 is 1.58 bits per heavy atom. The van der Waals surface area contributed by atoms with Crippen molar-refractivity contribution in [3.8, 4) is 23.0 Å². The van der Waals surface area contributed by atoms with E-state index in [2.05, 4.69) is 15.1 Å². The maximum Gasteiger partial charge on any atom is 0.407 e. The van der Waals surface area contributed by atoms with Crippen molar-refractivity contribution < 1.29 is 28.5 Å². The molecule has 0 unspecified atom stereocenters. The molecule has 0 aliphatic carbocycles. The minimum atomic E-state index is -0.496. The fourth-order valence-electron chi connectivity index (χ4n) is 7.66. The molecule has 0 bridgehead atoms. The number of nitrogens with one attached hydrogen (secondary N) is 1. The standard InChI is InChI=1S/C23H31N3O5.C18H23N3O3/c1-23(2,3)31-22(28)24-17-8-10-25(11-9-17)12-13-26-19(27)7-5-16-4-6-18-21(20(16)26)30-15-14-29-18;19-14-5-7-20(8-6-14)9-10-21-16(22)4-2-13-1-3-15-18(17(13)21)24-12-11-23-15/h4-7,17H,8-15H2,1-3H3,(H,24,28);1-4,14H,5-12,19H2. The Morgan fingerprint density at radius 2 is 1.11 bits per heavy atom. The lowest BCUT2D eigenvalue weighted by Gasteiger charge is -2.33. The molecule has 296 valence electrons. The molecule has 2 aromatic heterocycles. The summed E-state index contributed by atoms with van der Waals surface area (Å²) in [6.45, 7) is 14.2. The minimum absolute atomic E-state index is 0.00113. The Kier molecular flexibility index (Phi) is 11.8. The number of nitrogens with two attached hydrogens (primary N) is 1. The van der Waals surface area contributed by atoms with Gasteiger partial charge < -0.3 is 53.7 Å². The molecule has 14 nitrogen and oxygen atoms in total. The molecule has 0 atom stereocenters. The van der Waals surface area contributed by atoms with Crippen LogP contribution in [0, 0.1) is 0 Å². The molecule has 4 aliphatic heterocycles. The van der Waals surface area contributed by atoms with Gasteiger partial charge in [0.05, 0.1) is 11.0 Å². The lowest BCUT2D eigenvalue weighted by Crippen LogP contribution is -2.46. The third-order valence-corrected chi connectivity index (χ3v) is 10.5. The molecule has 2 saturated heterocycles. The van der Waals surface area contributed by atoms with E-state index in [1.807, 2.05) is 61.7 Å². The zero-order valence-electron chi connectivity index (χ0n) is 32.2. The lowest BCUT2D eigenvalue weighted by atomic mass is 10.1. The fraction of sp³-hybridized carbons (Fsp3) is 0.537. The summed E-state index contributed by atoms with van der Waals surface area (Å²) >= 11 is 0. The summed E-state index contributed by atoms with van der Waals surface area (Å²) < 4.78 is 32.0. The van der Waals surface area contributed by atoms with Crippen LogP contribution in [0.4, 0.5) is 4.79 Å². The van der Waals surface area contributed by atoms with Crippen molar-refractivity contribution >= 4 is 27.9 Å². The number of amides is 1. The van der Waals surface area contributed by atoms with Crippen LogP contribution in [0.3, 0.4) is 0 Å². The van der Waals surface area contributed by atoms with E-state index < -0.39 is 5.60 Å². The smallest absolute Gasteiger partial charge is 0.407 e. The molecule has 55 heavy (non-hydrogen) atoms. The highest BCUT2D eigenvalue weighted by molar-refractivity contribution is 5.88. The molecule has 8 rings (SSSR count). The summed E-state index contributed by atoms with van der Waals surface area (Å²) in [5, 5.41) is 4.93. The van der Waals surface area contributed by atoms with Crippen LogP contribution in [0.15, 0.2) is 58.1 Å². The van der Waals surface area contributed by atoms with E-state index >= 15 is 0 Å². The SMILES string of the molecule is CC(C)(C)OC(=O)NC1CCN(CCn2c(=O)ccc3ccc4c(c32)OCCO4)CC1.NC1CCN(CCn2c(=O)ccc3ccc4c(c32)OCCO4)CC1. The largest absolute Gasteiger partial charge is 0.486 e. The second kappa shape index (κ2) is 16.9. The van der Waals surface area contributed by atoms with Gasteiger partial charge in [0.15, 0.2) is 23.0 Å². The summed E-state index contributed by atoms with van der Waals surface area (Å²) in [7, 11) is 0. The molecule has 3 N–H and O–H groups in total. The molecule has 4 aliphatic rings. The topological polar surface area (TPSA) is 152 Å². The summed E-state index contributed by atoms with van der Waals surface area (Å²) in [6.07, 6.45) is 3.40. The van der Waals surface area contributed by atoms with E-state index in [-0.39, 0.29) is 23.3 Å². The number of hydrogen-bond donors (Lipinski definition) is 2. The maximum atomic E-state index is 12.7. The van der Waals surface area contributed by atoms with Crippen molar-refractivity contribution in [2.45, 2.75) is 77.2 Å². The van der Waals surface area contributed by atoms with Gasteiger partial charge in [0.25, 0.3) is 11.1 Å². The van der Waals surface area contributed by atoms with E-state index in [1.54, 1.807) is 16.7 Å². The molecule has 14 heteroatoms. The molecular weight excluding hydrogens is 704 g/mol. The molecular formula is C41H54N6O8. The second-order valence-electron chi connectivity index (χ2n) is 15.6. The highest BCUT2D eigenvalue weighted by Crippen LogP contribution is 2.38. The molecule has 4 aromatic rings. The van der Waals surface area contributed by atoms with Gasteiger partial charge >= 0.3 is 6.09 Å². The average Bonchev–Trinajstić information content (AvgIpc) is 3.17. The monoisotopic (exact) mass is 758 g/mol. The Hall–Kier alpha value is -4.79. The highest BCUT2D eigenvalue weighted by Gasteiger charge is 2.25. The van der Waals surface area contributed by atoms with Gasteiger partial charge in [0.2, 0.25) is 0 Å². The van der Waals surface area contributed by atoms with Gasteiger partial charge in [-0.05, 0) is 95.9 Å². The van der Waals surface area contributed by atoms with E-state index in [9.17, 15) is 14.4 Å². The van der Waals surface area contributed by atoms with Crippen LogP contribution in [0.2, 0.25) is 0 Å². The van der Waals surface area contributed by atoms with Crippen molar-refractivity contribution in [3.05, 3.63) is 69.2 Å². The van der Waals surface area contributed by atoms with Gasteiger partial charge in [0, 0.05) is 74.3 Å². The Balaban J connectivity index is 0.000000174. The van der Waals surface area contributed by atoms with Crippen molar-refractivity contribution in [2.24, 2.45) is 5.73 Å². The van der Waals surface area contributed by atoms with Crippen LogP contribution < -0.4 is 41.1 Å². The van der Waals surface area contributed by atoms with Gasteiger partial charge in [-0.15, -0.1) is 0 Å². The number of nitrogens with zero attached hydrogens (tertiary/aromatic N) is 4. The summed E-state index contributed by atoms with van der Waals surface area (Å²) in [6, 6.07) is 15.1. The number of piperidine rings is 2. The maximum absolute atomic E-state index is 12.7. The molecule has 6 heterocycles. The van der Waals surface area contributed by atoms with Crippen molar-refractivity contribution in [1.82, 2.24) is 24.3 Å². The molecule has 0 spiro atoms. The number of ether oxygens (including phenoxy) is 5. The number of hydrogen-bond acceptors (Lipinski definition) is 11. The Labute approximate surface area is 321 Å². The summed E-state index contributed by atoms with van der Waals surface area (Å²) in [5.41, 5.74) is 7.06. The van der Waals surface area contributed by atoms with E-state index in [0.717, 1.165) is 92.5 Å². The van der Waals surface area contributed by atoms with Crippen molar-refractivity contribution in [3.63, 3.8) is 0 Å². The Morgan fingerprint density at radius 1 is 0.673 bits per heavy atom. The average molecular weight is 759 g/mol. The zero-order valence-corrected chi connectivity index (χ0v) is 32.2. The quantitative estimate of drug-likeness (QED) is 0.282. The zero-order chi connectivity index (χ0) is 38.5. The number of rotatable bonds is 7. The van der Waals surface area contributed by atoms with Crippen LogP contribution in [0.25, 0.3) is 21.8 Å². The first kappa shape index (κ1) is 38.5. The third kappa shape index (κ3) is 9.37. The normalized spacial score (nSPS) is 18.1. The number of benzene rings is 2. The first-order chi connectivity index (χ1) is 26.5. The number of carbonyl (C=O) groups is 1. The second-order valence-corrected chi connectivity index (χ2v) is 15.6. The third-order valence-electron chi connectivity index (χ3n) is 10.5. The summed E-state index contributed by atoms with van der Waals surface area (Å²) in [5.74, 6) is 2.75.